The van der Waals surface area contributed by atoms with E-state index in [2.05, 4.69) is 28.1 Å². The fourth-order valence-electron chi connectivity index (χ4n) is 1.76. The van der Waals surface area contributed by atoms with E-state index in [0.717, 1.165) is 22.6 Å². The number of ether oxygens (including phenoxy) is 1. The van der Waals surface area contributed by atoms with E-state index in [4.69, 9.17) is 10.5 Å². The molecule has 1 fully saturated rings. The molecule has 1 aromatic rings. The third-order valence-corrected chi connectivity index (χ3v) is 3.51. The molecule has 0 amide bonds. The Bertz CT molecular complexity index is 355. The summed E-state index contributed by atoms with van der Waals surface area (Å²) in [5.41, 5.74) is 7.32. The standard InChI is InChI=1S/C12H16BrNO.ClH/c1-15-12-5-4-9(7-10(12)13)11(14)6-8-2-3-8;/h4-5,7-8,11H,2-3,6,14H2,1H3;1H/t11-;/m1./s1. The van der Waals surface area contributed by atoms with Gasteiger partial charge in [0.05, 0.1) is 11.6 Å². The number of rotatable bonds is 4. The molecule has 0 aromatic heterocycles. The van der Waals surface area contributed by atoms with Gasteiger partial charge in [-0.15, -0.1) is 12.4 Å². The van der Waals surface area contributed by atoms with Crippen LogP contribution in [-0.4, -0.2) is 7.11 Å². The van der Waals surface area contributed by atoms with Crippen molar-refractivity contribution in [2.75, 3.05) is 7.11 Å². The molecule has 0 unspecified atom stereocenters. The third kappa shape index (κ3) is 3.37. The van der Waals surface area contributed by atoms with Crippen LogP contribution >= 0.6 is 28.3 Å². The Balaban J connectivity index is 0.00000128. The molecule has 1 aliphatic carbocycles. The molecule has 0 saturated heterocycles. The molecule has 1 atom stereocenters. The number of nitrogens with two attached hydrogens (primary N) is 1. The van der Waals surface area contributed by atoms with Gasteiger partial charge in [0, 0.05) is 6.04 Å². The average Bonchev–Trinajstić information content (AvgIpc) is 3.01. The summed E-state index contributed by atoms with van der Waals surface area (Å²) in [5, 5.41) is 0. The van der Waals surface area contributed by atoms with Crippen LogP contribution in [0.5, 0.6) is 5.75 Å². The summed E-state index contributed by atoms with van der Waals surface area (Å²) >= 11 is 3.48. The van der Waals surface area contributed by atoms with E-state index in [0.29, 0.717) is 0 Å². The highest BCUT2D eigenvalue weighted by molar-refractivity contribution is 9.10. The second-order valence-corrected chi connectivity index (χ2v) is 5.03. The summed E-state index contributed by atoms with van der Waals surface area (Å²) in [7, 11) is 1.67. The molecule has 2 rings (SSSR count). The van der Waals surface area contributed by atoms with Crippen LogP contribution in [0.15, 0.2) is 22.7 Å². The molecule has 1 aliphatic rings. The van der Waals surface area contributed by atoms with E-state index in [9.17, 15) is 0 Å². The quantitative estimate of drug-likeness (QED) is 0.921. The maximum Gasteiger partial charge on any atom is 0.133 e. The van der Waals surface area contributed by atoms with Gasteiger partial charge in [-0.25, -0.2) is 0 Å². The first-order valence-electron chi connectivity index (χ1n) is 5.29. The molecular weight excluding hydrogens is 289 g/mol. The Morgan fingerprint density at radius 1 is 1.50 bits per heavy atom. The van der Waals surface area contributed by atoms with Crippen LogP contribution in [0, 0.1) is 5.92 Å². The van der Waals surface area contributed by atoms with Crippen LogP contribution in [-0.2, 0) is 0 Å². The Kier molecular flexibility index (Phi) is 5.09. The summed E-state index contributed by atoms with van der Waals surface area (Å²) in [6.45, 7) is 0. The minimum absolute atomic E-state index is 0. The van der Waals surface area contributed by atoms with Gasteiger partial charge >= 0.3 is 0 Å². The van der Waals surface area contributed by atoms with Gasteiger partial charge in [0.25, 0.3) is 0 Å². The van der Waals surface area contributed by atoms with E-state index in [1.54, 1.807) is 7.11 Å². The SMILES string of the molecule is COc1ccc([C@H](N)CC2CC2)cc1Br.Cl. The van der Waals surface area contributed by atoms with Crippen molar-refractivity contribution in [3.8, 4) is 5.75 Å². The largest absolute Gasteiger partial charge is 0.496 e. The van der Waals surface area contributed by atoms with Crippen LogP contribution in [0.3, 0.4) is 0 Å². The number of hydrogen-bond donors (Lipinski definition) is 1. The van der Waals surface area contributed by atoms with Gasteiger partial charge in [-0.2, -0.15) is 0 Å². The molecule has 0 radical (unpaired) electrons. The van der Waals surface area contributed by atoms with Crippen LogP contribution in [0.2, 0.25) is 0 Å². The molecule has 16 heavy (non-hydrogen) atoms. The summed E-state index contributed by atoms with van der Waals surface area (Å²) in [6.07, 6.45) is 3.81. The van der Waals surface area contributed by atoms with E-state index in [-0.39, 0.29) is 18.4 Å². The van der Waals surface area contributed by atoms with Crippen molar-refractivity contribution in [3.63, 3.8) is 0 Å². The summed E-state index contributed by atoms with van der Waals surface area (Å²) < 4.78 is 6.17. The second-order valence-electron chi connectivity index (χ2n) is 4.18. The molecule has 0 spiro atoms. The first kappa shape index (κ1) is 13.8. The van der Waals surface area contributed by atoms with Crippen molar-refractivity contribution in [1.82, 2.24) is 0 Å². The van der Waals surface area contributed by atoms with Crippen molar-refractivity contribution in [1.29, 1.82) is 0 Å². The summed E-state index contributed by atoms with van der Waals surface area (Å²) in [5.74, 6) is 1.72. The maximum atomic E-state index is 6.13. The monoisotopic (exact) mass is 305 g/mol. The smallest absolute Gasteiger partial charge is 0.133 e. The first-order valence-corrected chi connectivity index (χ1v) is 6.09. The predicted octanol–water partition coefficient (Wildman–Crippen LogP) is 3.68. The molecule has 0 heterocycles. The Morgan fingerprint density at radius 3 is 2.69 bits per heavy atom. The zero-order valence-corrected chi connectivity index (χ0v) is 11.7. The molecule has 0 bridgehead atoms. The Labute approximate surface area is 111 Å². The molecule has 4 heteroatoms. The molecule has 90 valence electrons. The average molecular weight is 307 g/mol. The highest BCUT2D eigenvalue weighted by atomic mass is 79.9. The number of methoxy groups -OCH3 is 1. The van der Waals surface area contributed by atoms with Gasteiger partial charge in [0.2, 0.25) is 0 Å². The second kappa shape index (κ2) is 5.89. The zero-order valence-electron chi connectivity index (χ0n) is 9.28. The number of hydrogen-bond acceptors (Lipinski definition) is 2. The fourth-order valence-corrected chi connectivity index (χ4v) is 2.32. The van der Waals surface area contributed by atoms with Crippen LogP contribution in [0.4, 0.5) is 0 Å². The minimum atomic E-state index is 0. The first-order chi connectivity index (χ1) is 7.20. The van der Waals surface area contributed by atoms with Gasteiger partial charge < -0.3 is 10.5 Å². The van der Waals surface area contributed by atoms with Gasteiger partial charge in [-0.1, -0.05) is 18.9 Å². The Morgan fingerprint density at radius 2 is 2.19 bits per heavy atom. The van der Waals surface area contributed by atoms with Crippen LogP contribution < -0.4 is 10.5 Å². The lowest BCUT2D eigenvalue weighted by molar-refractivity contribution is 0.411. The highest BCUT2D eigenvalue weighted by Gasteiger charge is 2.24. The molecule has 2 nitrogen and oxygen atoms in total. The van der Waals surface area contributed by atoms with Crippen molar-refractivity contribution in [2.45, 2.75) is 25.3 Å². The van der Waals surface area contributed by atoms with Crippen molar-refractivity contribution in [3.05, 3.63) is 28.2 Å². The van der Waals surface area contributed by atoms with Crippen LogP contribution in [0.1, 0.15) is 30.9 Å². The molecule has 1 aromatic carbocycles. The van der Waals surface area contributed by atoms with Crippen molar-refractivity contribution < 1.29 is 4.74 Å². The van der Waals surface area contributed by atoms with Crippen molar-refractivity contribution >= 4 is 28.3 Å². The zero-order chi connectivity index (χ0) is 10.8. The van der Waals surface area contributed by atoms with Gasteiger partial charge in [-0.05, 0) is 46.0 Å². The van der Waals surface area contributed by atoms with E-state index in [1.165, 1.54) is 18.4 Å². The number of benzene rings is 1. The lowest BCUT2D eigenvalue weighted by Gasteiger charge is -2.13. The predicted molar refractivity (Wildman–Crippen MR) is 72.2 cm³/mol. The lowest BCUT2D eigenvalue weighted by atomic mass is 10.0. The minimum Gasteiger partial charge on any atom is -0.496 e. The van der Waals surface area contributed by atoms with Crippen molar-refractivity contribution in [2.24, 2.45) is 11.7 Å². The Hall–Kier alpha value is -0.250. The topological polar surface area (TPSA) is 35.2 Å². The van der Waals surface area contributed by atoms with Crippen LogP contribution in [0.25, 0.3) is 0 Å². The lowest BCUT2D eigenvalue weighted by Crippen LogP contribution is -2.10. The van der Waals surface area contributed by atoms with E-state index in [1.807, 2.05) is 6.07 Å². The number of halogens is 2. The summed E-state index contributed by atoms with van der Waals surface area (Å²) in [4.78, 5) is 0. The normalized spacial score (nSPS) is 16.4. The summed E-state index contributed by atoms with van der Waals surface area (Å²) in [6, 6.07) is 6.24. The molecule has 2 N–H and O–H groups in total. The van der Waals surface area contributed by atoms with Gasteiger partial charge in [0.15, 0.2) is 0 Å². The molecule has 1 saturated carbocycles. The van der Waals surface area contributed by atoms with E-state index >= 15 is 0 Å². The highest BCUT2D eigenvalue weighted by Crippen LogP contribution is 2.37. The molecular formula is C12H17BrClNO. The third-order valence-electron chi connectivity index (χ3n) is 2.89. The van der Waals surface area contributed by atoms with E-state index < -0.39 is 0 Å². The van der Waals surface area contributed by atoms with Gasteiger partial charge in [0.1, 0.15) is 5.75 Å². The maximum absolute atomic E-state index is 6.13. The van der Waals surface area contributed by atoms with Gasteiger partial charge in [-0.3, -0.25) is 0 Å². The molecule has 0 aliphatic heterocycles. The fraction of sp³-hybridized carbons (Fsp3) is 0.500.